The van der Waals surface area contributed by atoms with Crippen LogP contribution in [0, 0.1) is 0 Å². The molecule has 0 saturated heterocycles. The first kappa shape index (κ1) is 10.2. The maximum Gasteiger partial charge on any atom is 0.155 e. The molecule has 0 fully saturated rings. The third kappa shape index (κ3) is 7.06. The van der Waals surface area contributed by atoms with Gasteiger partial charge in [-0.1, -0.05) is 0 Å². The van der Waals surface area contributed by atoms with Gasteiger partial charge in [0.15, 0.2) is 5.78 Å². The van der Waals surface area contributed by atoms with Crippen LogP contribution in [0.15, 0.2) is 11.8 Å². The van der Waals surface area contributed by atoms with Crippen LogP contribution in [0.1, 0.15) is 20.8 Å². The number of hydrogen-bond donors (Lipinski definition) is 1. The lowest BCUT2D eigenvalue weighted by Gasteiger charge is -2.06. The molecular formula is C8H14O3. The van der Waals surface area contributed by atoms with Gasteiger partial charge in [0.25, 0.3) is 0 Å². The Morgan fingerprint density at radius 2 is 2.18 bits per heavy atom. The standard InChI is InChI=1S/C8H14O3/c1-6(9)4-8(3)11-5-7(2)10/h4,7,10H,5H2,1-3H3/b8-4-. The third-order valence-electron chi connectivity index (χ3n) is 0.959. The molecule has 0 aromatic heterocycles. The Morgan fingerprint density at radius 3 is 2.55 bits per heavy atom. The molecule has 1 atom stereocenters. The van der Waals surface area contributed by atoms with Gasteiger partial charge in [0.05, 0.1) is 11.9 Å². The quantitative estimate of drug-likeness (QED) is 0.488. The van der Waals surface area contributed by atoms with Crippen molar-refractivity contribution >= 4 is 5.78 Å². The molecule has 11 heavy (non-hydrogen) atoms. The molecule has 3 nitrogen and oxygen atoms in total. The van der Waals surface area contributed by atoms with Crippen molar-refractivity contribution in [2.45, 2.75) is 26.9 Å². The highest BCUT2D eigenvalue weighted by molar-refractivity contribution is 5.87. The van der Waals surface area contributed by atoms with Crippen molar-refractivity contribution in [3.8, 4) is 0 Å². The number of aliphatic hydroxyl groups excluding tert-OH is 1. The zero-order valence-electron chi connectivity index (χ0n) is 7.13. The summed E-state index contributed by atoms with van der Waals surface area (Å²) in [6.07, 6.45) is 0.896. The van der Waals surface area contributed by atoms with Crippen molar-refractivity contribution < 1.29 is 14.6 Å². The van der Waals surface area contributed by atoms with E-state index in [0.717, 1.165) is 0 Å². The first-order valence-corrected chi connectivity index (χ1v) is 3.52. The Hall–Kier alpha value is -0.830. The van der Waals surface area contributed by atoms with Crippen LogP contribution in [0.3, 0.4) is 0 Å². The summed E-state index contributed by atoms with van der Waals surface area (Å²) in [7, 11) is 0. The summed E-state index contributed by atoms with van der Waals surface area (Å²) in [5.41, 5.74) is 0. The van der Waals surface area contributed by atoms with Crippen molar-refractivity contribution in [1.82, 2.24) is 0 Å². The summed E-state index contributed by atoms with van der Waals surface area (Å²) in [6.45, 7) is 5.00. The molecule has 0 heterocycles. The van der Waals surface area contributed by atoms with Gasteiger partial charge in [-0.2, -0.15) is 0 Å². The largest absolute Gasteiger partial charge is 0.495 e. The van der Waals surface area contributed by atoms with Crippen LogP contribution in [0.4, 0.5) is 0 Å². The fourth-order valence-corrected chi connectivity index (χ4v) is 0.580. The first-order valence-electron chi connectivity index (χ1n) is 3.52. The van der Waals surface area contributed by atoms with Gasteiger partial charge in [-0.05, 0) is 20.8 Å². The van der Waals surface area contributed by atoms with Gasteiger partial charge in [0, 0.05) is 6.08 Å². The van der Waals surface area contributed by atoms with E-state index in [1.165, 1.54) is 13.0 Å². The van der Waals surface area contributed by atoms with Crippen LogP contribution in [0.5, 0.6) is 0 Å². The molecule has 0 rings (SSSR count). The maximum atomic E-state index is 10.5. The number of hydrogen-bond acceptors (Lipinski definition) is 3. The van der Waals surface area contributed by atoms with Gasteiger partial charge in [-0.3, -0.25) is 4.79 Å². The number of allylic oxidation sites excluding steroid dienone is 2. The molecule has 1 N–H and O–H groups in total. The van der Waals surface area contributed by atoms with Gasteiger partial charge in [0.1, 0.15) is 6.61 Å². The predicted molar refractivity (Wildman–Crippen MR) is 42.1 cm³/mol. The molecule has 64 valence electrons. The number of carbonyl (C=O) groups excluding carboxylic acids is 1. The fourth-order valence-electron chi connectivity index (χ4n) is 0.580. The van der Waals surface area contributed by atoms with Crippen LogP contribution in [0.25, 0.3) is 0 Å². The summed E-state index contributed by atoms with van der Waals surface area (Å²) >= 11 is 0. The smallest absolute Gasteiger partial charge is 0.155 e. The summed E-state index contributed by atoms with van der Waals surface area (Å²) in [5, 5.41) is 8.80. The Bertz CT molecular complexity index is 159. The summed E-state index contributed by atoms with van der Waals surface area (Å²) in [4.78, 5) is 10.5. The van der Waals surface area contributed by atoms with Gasteiger partial charge >= 0.3 is 0 Å². The molecule has 0 saturated carbocycles. The van der Waals surface area contributed by atoms with E-state index >= 15 is 0 Å². The van der Waals surface area contributed by atoms with E-state index in [1.54, 1.807) is 13.8 Å². The highest BCUT2D eigenvalue weighted by Gasteiger charge is 1.96. The summed E-state index contributed by atoms with van der Waals surface area (Å²) in [5.74, 6) is 0.492. The average molecular weight is 158 g/mol. The zero-order chi connectivity index (χ0) is 8.85. The molecule has 0 spiro atoms. The molecule has 0 aromatic carbocycles. The Balaban J connectivity index is 3.68. The minimum Gasteiger partial charge on any atom is -0.495 e. The highest BCUT2D eigenvalue weighted by Crippen LogP contribution is 1.96. The van der Waals surface area contributed by atoms with E-state index in [2.05, 4.69) is 0 Å². The van der Waals surface area contributed by atoms with Gasteiger partial charge in [-0.25, -0.2) is 0 Å². The molecule has 1 unspecified atom stereocenters. The lowest BCUT2D eigenvalue weighted by molar-refractivity contribution is -0.112. The summed E-state index contributed by atoms with van der Waals surface area (Å²) in [6, 6.07) is 0. The van der Waals surface area contributed by atoms with Crippen LogP contribution in [0.2, 0.25) is 0 Å². The number of ether oxygens (including phenoxy) is 1. The van der Waals surface area contributed by atoms with E-state index in [1.807, 2.05) is 0 Å². The van der Waals surface area contributed by atoms with Gasteiger partial charge in [0.2, 0.25) is 0 Å². The van der Waals surface area contributed by atoms with Crippen LogP contribution in [-0.2, 0) is 9.53 Å². The zero-order valence-corrected chi connectivity index (χ0v) is 7.13. The van der Waals surface area contributed by atoms with Crippen molar-refractivity contribution in [2.75, 3.05) is 6.61 Å². The normalized spacial score (nSPS) is 14.4. The molecule has 0 aromatic rings. The molecule has 0 aliphatic heterocycles. The second-order valence-electron chi connectivity index (χ2n) is 2.53. The molecule has 0 aliphatic carbocycles. The topological polar surface area (TPSA) is 46.5 Å². The number of aliphatic hydroxyl groups is 1. The minimum atomic E-state index is -0.495. The van der Waals surface area contributed by atoms with E-state index in [-0.39, 0.29) is 12.4 Å². The Kier molecular flexibility index (Phi) is 4.54. The molecule has 0 aliphatic rings. The Labute approximate surface area is 66.7 Å². The second kappa shape index (κ2) is 4.91. The van der Waals surface area contributed by atoms with Crippen LogP contribution in [-0.4, -0.2) is 23.6 Å². The van der Waals surface area contributed by atoms with Crippen LogP contribution < -0.4 is 0 Å². The SMILES string of the molecule is CC(=O)/C=C(/C)OCC(C)O. The maximum absolute atomic E-state index is 10.5. The third-order valence-corrected chi connectivity index (χ3v) is 0.959. The molecule has 0 radical (unpaired) electrons. The lowest BCUT2D eigenvalue weighted by Crippen LogP contribution is -2.09. The number of rotatable bonds is 4. The lowest BCUT2D eigenvalue weighted by atomic mass is 10.4. The van der Waals surface area contributed by atoms with Gasteiger partial charge in [-0.15, -0.1) is 0 Å². The van der Waals surface area contributed by atoms with E-state index in [0.29, 0.717) is 5.76 Å². The van der Waals surface area contributed by atoms with Crippen LogP contribution >= 0.6 is 0 Å². The fraction of sp³-hybridized carbons (Fsp3) is 0.625. The molecule has 3 heteroatoms. The van der Waals surface area contributed by atoms with E-state index in [4.69, 9.17) is 9.84 Å². The predicted octanol–water partition coefficient (Wildman–Crippen LogP) is 0.877. The molecule has 0 bridgehead atoms. The van der Waals surface area contributed by atoms with E-state index in [9.17, 15) is 4.79 Å². The number of ketones is 1. The van der Waals surface area contributed by atoms with Gasteiger partial charge < -0.3 is 9.84 Å². The molecule has 0 amide bonds. The average Bonchev–Trinajstić information content (AvgIpc) is 1.82. The number of carbonyl (C=O) groups is 1. The highest BCUT2D eigenvalue weighted by atomic mass is 16.5. The second-order valence-corrected chi connectivity index (χ2v) is 2.53. The van der Waals surface area contributed by atoms with E-state index < -0.39 is 6.10 Å². The monoisotopic (exact) mass is 158 g/mol. The Morgan fingerprint density at radius 1 is 1.64 bits per heavy atom. The van der Waals surface area contributed by atoms with Crippen molar-refractivity contribution in [3.05, 3.63) is 11.8 Å². The minimum absolute atomic E-state index is 0.0481. The summed E-state index contributed by atoms with van der Waals surface area (Å²) < 4.78 is 5.00. The first-order chi connectivity index (χ1) is 5.02. The van der Waals surface area contributed by atoms with Crippen molar-refractivity contribution in [2.24, 2.45) is 0 Å². The van der Waals surface area contributed by atoms with Crippen molar-refractivity contribution in [1.29, 1.82) is 0 Å². The van der Waals surface area contributed by atoms with Crippen molar-refractivity contribution in [3.63, 3.8) is 0 Å². The molecular weight excluding hydrogens is 144 g/mol.